The number of esters is 3. The smallest absolute Gasteiger partial charge is 0.344 e. The highest BCUT2D eigenvalue weighted by Crippen LogP contribution is 2.68. The zero-order valence-corrected chi connectivity index (χ0v) is 34.8. The molecule has 12 nitrogen and oxygen atoms in total. The number of rotatable bonds is 7. The van der Waals surface area contributed by atoms with Crippen molar-refractivity contribution < 1.29 is 47.2 Å². The highest BCUT2D eigenvalue weighted by Gasteiger charge is 2.80. The Labute approximate surface area is 342 Å². The van der Waals surface area contributed by atoms with Crippen molar-refractivity contribution >= 4 is 34.5 Å². The Bertz CT molecular complexity index is 2270. The number of halogens is 2. The van der Waals surface area contributed by atoms with Crippen LogP contribution in [0.3, 0.4) is 0 Å². The summed E-state index contributed by atoms with van der Waals surface area (Å²) in [5, 5.41) is 14.2. The number of aliphatic hydroxyl groups is 1. The molecule has 10 atom stereocenters. The van der Waals surface area contributed by atoms with Crippen LogP contribution in [0.2, 0.25) is 0 Å². The van der Waals surface area contributed by atoms with Gasteiger partial charge in [-0.15, -0.1) is 0 Å². The molecular formula is C45H54F2N4O8. The van der Waals surface area contributed by atoms with E-state index in [-0.39, 0.29) is 31.3 Å². The second kappa shape index (κ2) is 13.5. The standard InChI is InChI=1S/C45H54F2N4O8/c1-8-42-14-11-16-51-17-15-43(36(42)51)30-19-31(34(56-5)20-33(30)49(4)37(43)45(55,40(54)58-7)38(42)59-25(2)52)44(39(53)57-6)21-26-18-27(41(3,46)47)23-50(22-26)24-29-28-12-9-10-13-32(28)48-35(29)44/h9-14,19-20,26-27,36-38,48,55H,8,15-18,21-24H2,1-7H3/t26-,27?,36-,37-,38-,42+,43-,44?,45?/m1/s1. The fourth-order valence-corrected chi connectivity index (χ4v) is 13.2. The summed E-state index contributed by atoms with van der Waals surface area (Å²) >= 11 is 0. The molecule has 2 bridgehead atoms. The maximum Gasteiger partial charge on any atom is 0.344 e. The molecule has 6 aliphatic rings. The van der Waals surface area contributed by atoms with Crippen molar-refractivity contribution in [3.05, 3.63) is 70.9 Å². The van der Waals surface area contributed by atoms with Crippen LogP contribution in [0.15, 0.2) is 48.6 Å². The zero-order valence-electron chi connectivity index (χ0n) is 34.8. The first kappa shape index (κ1) is 39.9. The van der Waals surface area contributed by atoms with Crippen LogP contribution in [0.25, 0.3) is 10.9 Å². The van der Waals surface area contributed by atoms with E-state index >= 15 is 13.6 Å². The van der Waals surface area contributed by atoms with E-state index in [9.17, 15) is 14.7 Å². The number of methoxy groups -OCH3 is 3. The van der Waals surface area contributed by atoms with E-state index in [0.29, 0.717) is 61.7 Å². The van der Waals surface area contributed by atoms with Gasteiger partial charge < -0.3 is 33.9 Å². The lowest BCUT2D eigenvalue weighted by atomic mass is 9.47. The fraction of sp³-hybridized carbons (Fsp3) is 0.578. The summed E-state index contributed by atoms with van der Waals surface area (Å²) in [4.78, 5) is 52.5. The third kappa shape index (κ3) is 5.17. The number of carbonyl (C=O) groups excluding carboxylic acids is 3. The summed E-state index contributed by atoms with van der Waals surface area (Å²) < 4.78 is 54.3. The van der Waals surface area contributed by atoms with E-state index in [4.69, 9.17) is 18.9 Å². The summed E-state index contributed by atoms with van der Waals surface area (Å²) in [7, 11) is 5.94. The van der Waals surface area contributed by atoms with Gasteiger partial charge in [0.15, 0.2) is 6.10 Å². The number of likely N-dealkylation sites (N-methyl/N-ethyl adjacent to an activating group) is 1. The predicted octanol–water partition coefficient (Wildman–Crippen LogP) is 5.08. The molecule has 6 heterocycles. The molecule has 59 heavy (non-hydrogen) atoms. The minimum atomic E-state index is -2.94. The maximum atomic E-state index is 15.3. The normalized spacial score (nSPS) is 35.8. The Morgan fingerprint density at radius 2 is 1.78 bits per heavy atom. The van der Waals surface area contributed by atoms with Gasteiger partial charge in [0.25, 0.3) is 0 Å². The molecule has 2 saturated heterocycles. The highest BCUT2D eigenvalue weighted by molar-refractivity contribution is 5.95. The van der Waals surface area contributed by atoms with Crippen molar-refractivity contribution in [3.8, 4) is 5.75 Å². The molecule has 1 aromatic heterocycles. The lowest BCUT2D eigenvalue weighted by molar-refractivity contribution is -0.228. The van der Waals surface area contributed by atoms with E-state index in [2.05, 4.69) is 14.8 Å². The van der Waals surface area contributed by atoms with Gasteiger partial charge >= 0.3 is 17.9 Å². The first-order valence-corrected chi connectivity index (χ1v) is 20.7. The average Bonchev–Trinajstić information content (AvgIpc) is 3.86. The molecule has 2 aromatic carbocycles. The second-order valence-corrected chi connectivity index (χ2v) is 18.0. The molecule has 3 fully saturated rings. The van der Waals surface area contributed by atoms with Crippen LogP contribution in [0.5, 0.6) is 5.75 Å². The first-order valence-electron chi connectivity index (χ1n) is 20.7. The summed E-state index contributed by atoms with van der Waals surface area (Å²) in [6.07, 6.45) is 4.04. The molecule has 0 amide bonds. The van der Waals surface area contributed by atoms with Crippen LogP contribution in [0.4, 0.5) is 14.5 Å². The topological polar surface area (TPSA) is 134 Å². The second-order valence-electron chi connectivity index (χ2n) is 18.0. The third-order valence-electron chi connectivity index (χ3n) is 15.3. The summed E-state index contributed by atoms with van der Waals surface area (Å²) in [6.45, 7) is 6.55. The lowest BCUT2D eigenvalue weighted by Gasteiger charge is -2.63. The van der Waals surface area contributed by atoms with E-state index < -0.39 is 63.7 Å². The van der Waals surface area contributed by atoms with Gasteiger partial charge in [0, 0.05) is 96.9 Å². The van der Waals surface area contributed by atoms with Crippen molar-refractivity contribution in [3.63, 3.8) is 0 Å². The number of nitrogens with one attached hydrogen (secondary N) is 1. The number of aromatic nitrogens is 1. The van der Waals surface area contributed by atoms with Crippen molar-refractivity contribution in [2.45, 2.75) is 93.5 Å². The van der Waals surface area contributed by atoms with Crippen LogP contribution in [-0.2, 0) is 46.0 Å². The molecule has 3 aromatic rings. The van der Waals surface area contributed by atoms with E-state index in [1.807, 2.05) is 67.4 Å². The number of hydrogen-bond acceptors (Lipinski definition) is 11. The van der Waals surface area contributed by atoms with Crippen LogP contribution >= 0.6 is 0 Å². The van der Waals surface area contributed by atoms with Gasteiger partial charge in [0.05, 0.1) is 27.4 Å². The van der Waals surface area contributed by atoms with E-state index in [0.717, 1.165) is 29.0 Å². The van der Waals surface area contributed by atoms with Crippen molar-refractivity contribution in [2.24, 2.45) is 17.3 Å². The minimum Gasteiger partial charge on any atom is -0.496 e. The van der Waals surface area contributed by atoms with Gasteiger partial charge in [-0.25, -0.2) is 13.6 Å². The number of fused-ring (bicyclic) bond motifs is 6. The maximum absolute atomic E-state index is 15.3. The van der Waals surface area contributed by atoms with Crippen LogP contribution in [-0.4, -0.2) is 122 Å². The van der Waals surface area contributed by atoms with Gasteiger partial charge in [0.1, 0.15) is 11.2 Å². The Kier molecular flexibility index (Phi) is 9.12. The molecular weight excluding hydrogens is 763 g/mol. The summed E-state index contributed by atoms with van der Waals surface area (Å²) in [6, 6.07) is 10.3. The summed E-state index contributed by atoms with van der Waals surface area (Å²) in [5.74, 6) is -5.92. The molecule has 1 aliphatic carbocycles. The van der Waals surface area contributed by atoms with E-state index in [1.165, 1.54) is 28.3 Å². The molecule has 4 unspecified atom stereocenters. The molecule has 316 valence electrons. The molecule has 5 aliphatic heterocycles. The summed E-state index contributed by atoms with van der Waals surface area (Å²) in [5.41, 5.74) is -1.64. The van der Waals surface area contributed by atoms with Gasteiger partial charge in [-0.2, -0.15) is 0 Å². The predicted molar refractivity (Wildman–Crippen MR) is 214 cm³/mol. The number of nitrogens with zero attached hydrogens (tertiary/aromatic N) is 3. The van der Waals surface area contributed by atoms with Crippen molar-refractivity contribution in [2.75, 3.05) is 59.5 Å². The number of alkyl halides is 2. The molecule has 1 spiro atoms. The van der Waals surface area contributed by atoms with Crippen molar-refractivity contribution in [1.29, 1.82) is 0 Å². The highest BCUT2D eigenvalue weighted by atomic mass is 19.3. The van der Waals surface area contributed by atoms with Crippen LogP contribution in [0, 0.1) is 17.3 Å². The molecule has 14 heteroatoms. The first-order chi connectivity index (χ1) is 28.1. The number of para-hydroxylation sites is 1. The quantitative estimate of drug-likeness (QED) is 0.188. The van der Waals surface area contributed by atoms with Gasteiger partial charge in [0.2, 0.25) is 11.5 Å². The number of hydrogen-bond donors (Lipinski definition) is 2. The molecule has 9 rings (SSSR count). The number of carbonyl (C=O) groups is 3. The Hall–Kier alpha value is -4.53. The number of piperidine rings is 1. The van der Waals surface area contributed by atoms with Gasteiger partial charge in [-0.05, 0) is 68.3 Å². The number of anilines is 1. The Morgan fingerprint density at radius 3 is 2.46 bits per heavy atom. The third-order valence-corrected chi connectivity index (χ3v) is 15.3. The van der Waals surface area contributed by atoms with E-state index in [1.54, 1.807) is 0 Å². The Balaban J connectivity index is 1.35. The number of aromatic amines is 1. The zero-order chi connectivity index (χ0) is 42.0. The lowest BCUT2D eigenvalue weighted by Crippen LogP contribution is -2.81. The van der Waals surface area contributed by atoms with Crippen LogP contribution in [0.1, 0.15) is 68.8 Å². The van der Waals surface area contributed by atoms with Gasteiger partial charge in [-0.3, -0.25) is 19.4 Å². The number of ether oxygens (including phenoxy) is 4. The Morgan fingerprint density at radius 1 is 1.03 bits per heavy atom. The van der Waals surface area contributed by atoms with Crippen LogP contribution < -0.4 is 9.64 Å². The molecule has 1 saturated carbocycles. The largest absolute Gasteiger partial charge is 0.496 e. The SMILES string of the molecule is CC[C@@]12C=CCN3CC[C@@]4(c5cc(C6(C(=O)OC)C[C@H]7CC(C(C)(F)F)CN(Cc8c6[nH]c6ccccc86)C7)c(OC)cc5N(C)[C@H]4C(O)(C(=O)OC)[C@@H]1OC(C)=O)[C@H]32. The molecule has 0 radical (unpaired) electrons. The number of H-pyrrole nitrogens is 1. The van der Waals surface area contributed by atoms with Gasteiger partial charge in [-0.1, -0.05) is 37.3 Å². The minimum absolute atomic E-state index is 0.155. The fourth-order valence-electron chi connectivity index (χ4n) is 13.2. The monoisotopic (exact) mass is 816 g/mol. The number of benzene rings is 2. The average molecular weight is 817 g/mol. The molecule has 2 N–H and O–H groups in total. The van der Waals surface area contributed by atoms with Crippen molar-refractivity contribution in [1.82, 2.24) is 14.8 Å².